The highest BCUT2D eigenvalue weighted by Gasteiger charge is 2.24. The molecule has 0 aromatic heterocycles. The fourth-order valence-electron chi connectivity index (χ4n) is 2.62. The SMILES string of the molecule is Cc1cccc(O[C@@H](C)C(=O)N2CCCN(C)CC2)c1C. The van der Waals surface area contributed by atoms with E-state index >= 15 is 0 Å². The van der Waals surface area contributed by atoms with Crippen LogP contribution in [0.15, 0.2) is 18.2 Å². The van der Waals surface area contributed by atoms with E-state index in [1.807, 2.05) is 30.9 Å². The zero-order valence-electron chi connectivity index (χ0n) is 13.6. The van der Waals surface area contributed by atoms with Crippen LogP contribution >= 0.6 is 0 Å². The molecule has 0 N–H and O–H groups in total. The standard InChI is InChI=1S/C17H26N2O2/c1-13-7-5-8-16(14(13)2)21-15(3)17(20)19-10-6-9-18(4)11-12-19/h5,7-8,15H,6,9-12H2,1-4H3/t15-/m0/s1. The van der Waals surface area contributed by atoms with Gasteiger partial charge in [-0.25, -0.2) is 0 Å². The monoisotopic (exact) mass is 290 g/mol. The van der Waals surface area contributed by atoms with Gasteiger partial charge in [0.2, 0.25) is 0 Å². The maximum Gasteiger partial charge on any atom is 0.263 e. The van der Waals surface area contributed by atoms with Crippen LogP contribution in [0.25, 0.3) is 0 Å². The van der Waals surface area contributed by atoms with Crippen LogP contribution in [0.3, 0.4) is 0 Å². The van der Waals surface area contributed by atoms with E-state index in [0.717, 1.165) is 43.9 Å². The summed E-state index contributed by atoms with van der Waals surface area (Å²) in [7, 11) is 2.10. The summed E-state index contributed by atoms with van der Waals surface area (Å²) in [6.07, 6.45) is 0.590. The molecule has 1 aliphatic rings. The topological polar surface area (TPSA) is 32.8 Å². The number of aryl methyl sites for hydroxylation is 1. The predicted octanol–water partition coefficient (Wildman–Crippen LogP) is 2.23. The van der Waals surface area contributed by atoms with Crippen LogP contribution in [0.5, 0.6) is 5.75 Å². The molecule has 0 aliphatic carbocycles. The Labute approximate surface area is 127 Å². The van der Waals surface area contributed by atoms with Crippen LogP contribution in [0.4, 0.5) is 0 Å². The van der Waals surface area contributed by atoms with Crippen molar-refractivity contribution < 1.29 is 9.53 Å². The highest BCUT2D eigenvalue weighted by Crippen LogP contribution is 2.22. The average Bonchev–Trinajstić information content (AvgIpc) is 2.68. The zero-order chi connectivity index (χ0) is 15.4. The Morgan fingerprint density at radius 3 is 2.71 bits per heavy atom. The molecule has 1 atom stereocenters. The molecular formula is C17H26N2O2. The molecule has 1 fully saturated rings. The van der Waals surface area contributed by atoms with Gasteiger partial charge in [0.15, 0.2) is 6.10 Å². The summed E-state index contributed by atoms with van der Waals surface area (Å²) in [6.45, 7) is 9.53. The Balaban J connectivity index is 2.00. The highest BCUT2D eigenvalue weighted by molar-refractivity contribution is 5.81. The number of hydrogen-bond donors (Lipinski definition) is 0. The molecule has 4 nitrogen and oxygen atoms in total. The first-order valence-electron chi connectivity index (χ1n) is 7.69. The summed E-state index contributed by atoms with van der Waals surface area (Å²) < 4.78 is 5.90. The van der Waals surface area contributed by atoms with Crippen molar-refractivity contribution in [3.05, 3.63) is 29.3 Å². The van der Waals surface area contributed by atoms with Crippen LogP contribution in [0.1, 0.15) is 24.5 Å². The van der Waals surface area contributed by atoms with E-state index in [9.17, 15) is 4.79 Å². The third kappa shape index (κ3) is 3.97. The van der Waals surface area contributed by atoms with Gasteiger partial charge < -0.3 is 14.5 Å². The Morgan fingerprint density at radius 1 is 1.19 bits per heavy atom. The van der Waals surface area contributed by atoms with Gasteiger partial charge in [0.05, 0.1) is 0 Å². The summed E-state index contributed by atoms with van der Waals surface area (Å²) in [6, 6.07) is 5.96. The fraction of sp³-hybridized carbons (Fsp3) is 0.588. The van der Waals surface area contributed by atoms with Crippen molar-refractivity contribution >= 4 is 5.91 Å². The molecule has 1 saturated heterocycles. The number of carbonyl (C=O) groups is 1. The number of hydrogen-bond acceptors (Lipinski definition) is 3. The summed E-state index contributed by atoms with van der Waals surface area (Å²) in [4.78, 5) is 16.7. The first-order chi connectivity index (χ1) is 9.99. The lowest BCUT2D eigenvalue weighted by Crippen LogP contribution is -2.42. The van der Waals surface area contributed by atoms with Gasteiger partial charge in [-0.2, -0.15) is 0 Å². The van der Waals surface area contributed by atoms with Crippen molar-refractivity contribution in [2.45, 2.75) is 33.3 Å². The van der Waals surface area contributed by atoms with Gasteiger partial charge in [0.25, 0.3) is 5.91 Å². The van der Waals surface area contributed by atoms with Gasteiger partial charge in [-0.3, -0.25) is 4.79 Å². The van der Waals surface area contributed by atoms with Gasteiger partial charge in [-0.1, -0.05) is 12.1 Å². The normalized spacial score (nSPS) is 18.2. The van der Waals surface area contributed by atoms with Crippen LogP contribution in [0, 0.1) is 13.8 Å². The number of carbonyl (C=O) groups excluding carboxylic acids is 1. The minimum Gasteiger partial charge on any atom is -0.481 e. The predicted molar refractivity (Wildman–Crippen MR) is 84.7 cm³/mol. The molecule has 1 aliphatic heterocycles. The van der Waals surface area contributed by atoms with Crippen LogP contribution < -0.4 is 4.74 Å². The smallest absolute Gasteiger partial charge is 0.263 e. The summed E-state index contributed by atoms with van der Waals surface area (Å²) in [5, 5.41) is 0. The molecule has 0 unspecified atom stereocenters. The molecule has 1 amide bonds. The molecule has 0 radical (unpaired) electrons. The van der Waals surface area contributed by atoms with Crippen LogP contribution in [-0.2, 0) is 4.79 Å². The van der Waals surface area contributed by atoms with E-state index < -0.39 is 6.10 Å². The molecule has 1 aromatic carbocycles. The van der Waals surface area contributed by atoms with Crippen molar-refractivity contribution in [2.75, 3.05) is 33.2 Å². The fourth-order valence-corrected chi connectivity index (χ4v) is 2.62. The van der Waals surface area contributed by atoms with E-state index in [1.165, 1.54) is 5.56 Å². The Kier molecular flexibility index (Phi) is 5.23. The van der Waals surface area contributed by atoms with Crippen molar-refractivity contribution in [1.29, 1.82) is 0 Å². The van der Waals surface area contributed by atoms with Crippen LogP contribution in [0.2, 0.25) is 0 Å². The second-order valence-corrected chi connectivity index (χ2v) is 5.94. The molecule has 0 saturated carbocycles. The lowest BCUT2D eigenvalue weighted by Gasteiger charge is -2.25. The first kappa shape index (κ1) is 15.8. The molecule has 2 rings (SSSR count). The lowest BCUT2D eigenvalue weighted by molar-refractivity contribution is -0.137. The van der Waals surface area contributed by atoms with Crippen molar-refractivity contribution in [1.82, 2.24) is 9.80 Å². The Bertz CT molecular complexity index is 502. The molecule has 21 heavy (non-hydrogen) atoms. The maximum atomic E-state index is 12.5. The first-order valence-corrected chi connectivity index (χ1v) is 7.69. The van der Waals surface area contributed by atoms with Crippen molar-refractivity contribution in [3.63, 3.8) is 0 Å². The maximum absolute atomic E-state index is 12.5. The highest BCUT2D eigenvalue weighted by atomic mass is 16.5. The van der Waals surface area contributed by atoms with E-state index in [0.29, 0.717) is 0 Å². The van der Waals surface area contributed by atoms with Crippen molar-refractivity contribution in [3.8, 4) is 5.75 Å². The average molecular weight is 290 g/mol. The quantitative estimate of drug-likeness (QED) is 0.856. The van der Waals surface area contributed by atoms with E-state index in [2.05, 4.69) is 24.9 Å². The number of nitrogens with zero attached hydrogens (tertiary/aromatic N) is 2. The Hall–Kier alpha value is -1.55. The molecular weight excluding hydrogens is 264 g/mol. The largest absolute Gasteiger partial charge is 0.481 e. The number of benzene rings is 1. The second kappa shape index (κ2) is 6.94. The molecule has 4 heteroatoms. The van der Waals surface area contributed by atoms with E-state index in [-0.39, 0.29) is 5.91 Å². The molecule has 116 valence electrons. The van der Waals surface area contributed by atoms with E-state index in [1.54, 1.807) is 0 Å². The molecule has 1 heterocycles. The lowest BCUT2D eigenvalue weighted by atomic mass is 10.1. The number of ether oxygens (including phenoxy) is 1. The van der Waals surface area contributed by atoms with Crippen molar-refractivity contribution in [2.24, 2.45) is 0 Å². The van der Waals surface area contributed by atoms with Gasteiger partial charge in [0, 0.05) is 19.6 Å². The summed E-state index contributed by atoms with van der Waals surface area (Å²) in [5.41, 5.74) is 2.29. The number of amides is 1. The summed E-state index contributed by atoms with van der Waals surface area (Å²) >= 11 is 0. The number of likely N-dealkylation sites (N-methyl/N-ethyl adjacent to an activating group) is 1. The van der Waals surface area contributed by atoms with Gasteiger partial charge in [-0.05, 0) is 58.0 Å². The molecule has 1 aromatic rings. The third-order valence-electron chi connectivity index (χ3n) is 4.24. The Morgan fingerprint density at radius 2 is 1.95 bits per heavy atom. The van der Waals surface area contributed by atoms with Gasteiger partial charge in [-0.15, -0.1) is 0 Å². The molecule has 0 bridgehead atoms. The van der Waals surface area contributed by atoms with Gasteiger partial charge in [0.1, 0.15) is 5.75 Å². The summed E-state index contributed by atoms with van der Waals surface area (Å²) in [5.74, 6) is 0.897. The second-order valence-electron chi connectivity index (χ2n) is 5.94. The zero-order valence-corrected chi connectivity index (χ0v) is 13.6. The number of rotatable bonds is 3. The third-order valence-corrected chi connectivity index (χ3v) is 4.24. The molecule has 0 spiro atoms. The van der Waals surface area contributed by atoms with Gasteiger partial charge >= 0.3 is 0 Å². The minimum atomic E-state index is -0.436. The minimum absolute atomic E-state index is 0.0891. The van der Waals surface area contributed by atoms with E-state index in [4.69, 9.17) is 4.74 Å². The van der Waals surface area contributed by atoms with Crippen LogP contribution in [-0.4, -0.2) is 55.0 Å².